The van der Waals surface area contributed by atoms with Crippen molar-refractivity contribution in [2.24, 2.45) is 10.9 Å². The molecule has 0 amide bonds. The fourth-order valence-electron chi connectivity index (χ4n) is 1.42. The molecule has 0 saturated carbocycles. The van der Waals surface area contributed by atoms with Crippen LogP contribution in [-0.4, -0.2) is 5.17 Å². The molecule has 0 saturated heterocycles. The van der Waals surface area contributed by atoms with Gasteiger partial charge in [0.2, 0.25) is 0 Å². The molecule has 0 N–H and O–H groups in total. The number of rotatable bonds is 1. The van der Waals surface area contributed by atoms with E-state index in [1.54, 1.807) is 0 Å². The van der Waals surface area contributed by atoms with Gasteiger partial charge in [0.25, 0.3) is 0 Å². The second-order valence-electron chi connectivity index (χ2n) is 3.02. The summed E-state index contributed by atoms with van der Waals surface area (Å²) < 4.78 is 0. The summed E-state index contributed by atoms with van der Waals surface area (Å²) in [6.07, 6.45) is 9.49. The summed E-state index contributed by atoms with van der Waals surface area (Å²) in [6, 6.07) is 0. The van der Waals surface area contributed by atoms with Crippen molar-refractivity contribution in [1.82, 2.24) is 0 Å². The van der Waals surface area contributed by atoms with Gasteiger partial charge in [-0.2, -0.15) is 0 Å². The van der Waals surface area contributed by atoms with E-state index in [1.165, 1.54) is 0 Å². The van der Waals surface area contributed by atoms with E-state index in [0.29, 0.717) is 11.1 Å². The number of hydrogen-bond acceptors (Lipinski definition) is 1. The van der Waals surface area contributed by atoms with Crippen LogP contribution in [0.25, 0.3) is 0 Å². The number of allylic oxidation sites excluding steroid dienone is 4. The number of nitrogens with zero attached hydrogens (tertiary/aromatic N) is 1. The van der Waals surface area contributed by atoms with E-state index < -0.39 is 0 Å². The first kappa shape index (κ1) is 7.81. The average Bonchev–Trinajstić information content (AvgIpc) is 2.43. The molecule has 1 aliphatic heterocycles. The van der Waals surface area contributed by atoms with Crippen molar-refractivity contribution in [3.05, 3.63) is 35.6 Å². The SMILES string of the molecule is CCC1C=CC2=CC(Cl)=NC2=C1. The summed E-state index contributed by atoms with van der Waals surface area (Å²) in [4.78, 5) is 4.21. The molecular weight excluding hydrogens is 170 g/mol. The van der Waals surface area contributed by atoms with Crippen LogP contribution in [0.15, 0.2) is 40.6 Å². The summed E-state index contributed by atoms with van der Waals surface area (Å²) in [7, 11) is 0. The maximum atomic E-state index is 5.78. The highest BCUT2D eigenvalue weighted by atomic mass is 35.5. The first-order chi connectivity index (χ1) is 5.79. The van der Waals surface area contributed by atoms with Crippen molar-refractivity contribution in [2.75, 3.05) is 0 Å². The van der Waals surface area contributed by atoms with E-state index >= 15 is 0 Å². The van der Waals surface area contributed by atoms with Crippen LogP contribution in [0.5, 0.6) is 0 Å². The molecule has 0 aromatic heterocycles. The molecule has 0 aromatic rings. The normalized spacial score (nSPS) is 26.2. The Morgan fingerprint density at radius 3 is 3.17 bits per heavy atom. The minimum atomic E-state index is 0.531. The molecule has 2 heteroatoms. The quantitative estimate of drug-likeness (QED) is 0.587. The Labute approximate surface area is 77.1 Å². The summed E-state index contributed by atoms with van der Waals surface area (Å²) >= 11 is 5.78. The lowest BCUT2D eigenvalue weighted by Crippen LogP contribution is -1.96. The van der Waals surface area contributed by atoms with E-state index in [2.05, 4.69) is 30.1 Å². The van der Waals surface area contributed by atoms with Gasteiger partial charge in [0, 0.05) is 5.57 Å². The summed E-state index contributed by atoms with van der Waals surface area (Å²) in [5.74, 6) is 0.531. The fraction of sp³-hybridized carbons (Fsp3) is 0.300. The summed E-state index contributed by atoms with van der Waals surface area (Å²) in [5, 5.41) is 0.595. The smallest absolute Gasteiger partial charge is 0.130 e. The Morgan fingerprint density at radius 2 is 2.42 bits per heavy atom. The average molecular weight is 180 g/mol. The number of halogens is 1. The molecule has 1 nitrogen and oxygen atoms in total. The van der Waals surface area contributed by atoms with Gasteiger partial charge in [-0.15, -0.1) is 0 Å². The van der Waals surface area contributed by atoms with Crippen molar-refractivity contribution in [2.45, 2.75) is 13.3 Å². The van der Waals surface area contributed by atoms with Crippen molar-refractivity contribution in [3.63, 3.8) is 0 Å². The van der Waals surface area contributed by atoms with E-state index in [9.17, 15) is 0 Å². The van der Waals surface area contributed by atoms with Gasteiger partial charge in [0.05, 0.1) is 5.70 Å². The van der Waals surface area contributed by atoms with Crippen LogP contribution in [0.4, 0.5) is 0 Å². The third kappa shape index (κ3) is 1.25. The van der Waals surface area contributed by atoms with E-state index in [1.807, 2.05) is 6.08 Å². The minimum absolute atomic E-state index is 0.531. The van der Waals surface area contributed by atoms with Gasteiger partial charge in [0.1, 0.15) is 5.17 Å². The summed E-state index contributed by atoms with van der Waals surface area (Å²) in [5.41, 5.74) is 2.18. The van der Waals surface area contributed by atoms with Crippen LogP contribution in [-0.2, 0) is 0 Å². The van der Waals surface area contributed by atoms with Crippen LogP contribution in [0.3, 0.4) is 0 Å². The Bertz CT molecular complexity index is 321. The molecule has 2 aliphatic rings. The molecule has 1 atom stereocenters. The molecule has 12 heavy (non-hydrogen) atoms. The van der Waals surface area contributed by atoms with Gasteiger partial charge in [-0.05, 0) is 18.4 Å². The second kappa shape index (κ2) is 2.91. The van der Waals surface area contributed by atoms with Gasteiger partial charge in [-0.3, -0.25) is 0 Å². The zero-order valence-corrected chi connectivity index (χ0v) is 7.67. The standard InChI is InChI=1S/C10H10ClN/c1-2-7-3-4-8-6-10(11)12-9(8)5-7/h3-7H,2H2,1H3. The molecule has 1 heterocycles. The second-order valence-corrected chi connectivity index (χ2v) is 3.40. The topological polar surface area (TPSA) is 12.4 Å². The maximum absolute atomic E-state index is 5.78. The van der Waals surface area contributed by atoms with Crippen LogP contribution < -0.4 is 0 Å². The predicted molar refractivity (Wildman–Crippen MR) is 52.4 cm³/mol. The Hall–Kier alpha value is -0.820. The van der Waals surface area contributed by atoms with E-state index in [0.717, 1.165) is 17.7 Å². The molecule has 62 valence electrons. The Morgan fingerprint density at radius 1 is 1.58 bits per heavy atom. The van der Waals surface area contributed by atoms with Crippen LogP contribution in [0, 0.1) is 5.92 Å². The van der Waals surface area contributed by atoms with Crippen LogP contribution in [0.2, 0.25) is 0 Å². The third-order valence-corrected chi connectivity index (χ3v) is 2.36. The minimum Gasteiger partial charge on any atom is -0.236 e. The molecule has 0 aromatic carbocycles. The van der Waals surface area contributed by atoms with Gasteiger partial charge in [-0.25, -0.2) is 4.99 Å². The highest BCUT2D eigenvalue weighted by molar-refractivity contribution is 6.69. The zero-order chi connectivity index (χ0) is 8.55. The monoisotopic (exact) mass is 179 g/mol. The first-order valence-corrected chi connectivity index (χ1v) is 4.53. The van der Waals surface area contributed by atoms with Crippen LogP contribution >= 0.6 is 11.6 Å². The number of hydrogen-bond donors (Lipinski definition) is 0. The number of fused-ring (bicyclic) bond motifs is 1. The maximum Gasteiger partial charge on any atom is 0.130 e. The molecule has 1 unspecified atom stereocenters. The predicted octanol–water partition coefficient (Wildman–Crippen LogP) is 3.04. The van der Waals surface area contributed by atoms with E-state index in [4.69, 9.17) is 11.6 Å². The van der Waals surface area contributed by atoms with Crippen LogP contribution in [0.1, 0.15) is 13.3 Å². The van der Waals surface area contributed by atoms with Crippen molar-refractivity contribution >= 4 is 16.8 Å². The third-order valence-electron chi connectivity index (χ3n) is 2.16. The Balaban J connectivity index is 2.32. The highest BCUT2D eigenvalue weighted by Crippen LogP contribution is 2.28. The molecule has 0 bridgehead atoms. The largest absolute Gasteiger partial charge is 0.236 e. The summed E-state index contributed by atoms with van der Waals surface area (Å²) in [6.45, 7) is 2.17. The van der Waals surface area contributed by atoms with Crippen molar-refractivity contribution in [1.29, 1.82) is 0 Å². The van der Waals surface area contributed by atoms with E-state index in [-0.39, 0.29) is 0 Å². The van der Waals surface area contributed by atoms with Crippen molar-refractivity contribution < 1.29 is 0 Å². The molecule has 1 aliphatic carbocycles. The first-order valence-electron chi connectivity index (χ1n) is 4.16. The van der Waals surface area contributed by atoms with Gasteiger partial charge < -0.3 is 0 Å². The van der Waals surface area contributed by atoms with Crippen molar-refractivity contribution in [3.8, 4) is 0 Å². The van der Waals surface area contributed by atoms with Gasteiger partial charge in [-0.1, -0.05) is 36.8 Å². The molecule has 2 rings (SSSR count). The molecule has 0 fully saturated rings. The Kier molecular flexibility index (Phi) is 1.89. The highest BCUT2D eigenvalue weighted by Gasteiger charge is 2.15. The lowest BCUT2D eigenvalue weighted by atomic mass is 9.96. The van der Waals surface area contributed by atoms with Gasteiger partial charge in [0.15, 0.2) is 0 Å². The number of aliphatic imine (C=N–C) groups is 1. The molecule has 0 spiro atoms. The molecule has 0 radical (unpaired) electrons. The zero-order valence-electron chi connectivity index (χ0n) is 6.92. The fourth-order valence-corrected chi connectivity index (χ4v) is 1.63. The lowest BCUT2D eigenvalue weighted by Gasteiger charge is -2.10. The lowest BCUT2D eigenvalue weighted by molar-refractivity contribution is 0.761. The molecular formula is C10H10ClN. The van der Waals surface area contributed by atoms with Gasteiger partial charge >= 0.3 is 0 Å².